The molecular weight excluding hydrogens is 356 g/mol. The quantitative estimate of drug-likeness (QED) is 0.604. The van der Waals surface area contributed by atoms with E-state index in [2.05, 4.69) is 24.1 Å². The van der Waals surface area contributed by atoms with E-state index in [0.29, 0.717) is 10.8 Å². The van der Waals surface area contributed by atoms with Crippen LogP contribution in [-0.4, -0.2) is 16.3 Å². The van der Waals surface area contributed by atoms with Gasteiger partial charge < -0.3 is 9.73 Å². The molecule has 1 unspecified atom stereocenters. The van der Waals surface area contributed by atoms with Gasteiger partial charge in [0, 0.05) is 29.3 Å². The topological polar surface area (TPSA) is 55.1 Å². The Morgan fingerprint density at radius 3 is 2.80 bits per heavy atom. The van der Waals surface area contributed by atoms with Gasteiger partial charge in [-0.25, -0.2) is 0 Å². The van der Waals surface area contributed by atoms with Gasteiger partial charge >= 0.3 is 0 Å². The molecule has 1 atom stereocenters. The molecule has 4 nitrogen and oxygen atoms in total. The molecule has 3 rings (SSSR count). The molecule has 130 valence electrons. The molecule has 1 amide bonds. The zero-order chi connectivity index (χ0) is 17.9. The molecule has 0 aliphatic heterocycles. The van der Waals surface area contributed by atoms with Crippen LogP contribution in [0, 0.1) is 5.41 Å². The fourth-order valence-corrected chi connectivity index (χ4v) is 3.28. The molecule has 1 aliphatic rings. The van der Waals surface area contributed by atoms with Crippen LogP contribution in [0.3, 0.4) is 0 Å². The number of thioether (sulfide) groups is 1. The Bertz CT molecular complexity index is 812. The third-order valence-corrected chi connectivity index (χ3v) is 5.59. The summed E-state index contributed by atoms with van der Waals surface area (Å²) in [5.41, 5.74) is 1.71. The van der Waals surface area contributed by atoms with Crippen molar-refractivity contribution in [2.45, 2.75) is 30.1 Å². The van der Waals surface area contributed by atoms with E-state index < -0.39 is 0 Å². The van der Waals surface area contributed by atoms with Crippen molar-refractivity contribution < 1.29 is 9.21 Å². The van der Waals surface area contributed by atoms with Crippen LogP contribution in [0.15, 0.2) is 70.1 Å². The number of amides is 1. The maximum atomic E-state index is 12.3. The van der Waals surface area contributed by atoms with Gasteiger partial charge in [-0.3, -0.25) is 9.78 Å². The number of alkyl halides is 1. The molecule has 0 aromatic carbocycles. The van der Waals surface area contributed by atoms with Gasteiger partial charge in [-0.1, -0.05) is 31.7 Å². The molecule has 6 heteroatoms. The lowest BCUT2D eigenvalue weighted by Crippen LogP contribution is -2.29. The summed E-state index contributed by atoms with van der Waals surface area (Å²) in [6.07, 6.45) is 9.24. The van der Waals surface area contributed by atoms with E-state index in [9.17, 15) is 4.79 Å². The molecule has 0 saturated heterocycles. The second-order valence-electron chi connectivity index (χ2n) is 6.40. The van der Waals surface area contributed by atoms with E-state index in [-0.39, 0.29) is 22.5 Å². The van der Waals surface area contributed by atoms with Gasteiger partial charge in [0.2, 0.25) is 0 Å². The molecule has 0 radical (unpaired) electrons. The number of aromatic nitrogens is 1. The zero-order valence-corrected chi connectivity index (χ0v) is 15.6. The smallest absolute Gasteiger partial charge is 0.291 e. The predicted octanol–water partition coefficient (Wildman–Crippen LogP) is 4.78. The van der Waals surface area contributed by atoms with Crippen molar-refractivity contribution in [2.24, 2.45) is 5.41 Å². The van der Waals surface area contributed by atoms with Gasteiger partial charge in [-0.05, 0) is 42.0 Å². The highest BCUT2D eigenvalue weighted by atomic mass is 35.5. The summed E-state index contributed by atoms with van der Waals surface area (Å²) >= 11 is 7.86. The molecule has 1 N–H and O–H groups in total. The van der Waals surface area contributed by atoms with Crippen LogP contribution in [0.4, 0.5) is 0 Å². The average molecular weight is 375 g/mol. The first-order valence-corrected chi connectivity index (χ1v) is 9.34. The lowest BCUT2D eigenvalue weighted by Gasteiger charge is -2.28. The molecule has 0 spiro atoms. The summed E-state index contributed by atoms with van der Waals surface area (Å²) in [7, 11) is 0. The average Bonchev–Trinajstić information content (AvgIpc) is 3.07. The van der Waals surface area contributed by atoms with Crippen LogP contribution in [0.2, 0.25) is 0 Å². The predicted molar refractivity (Wildman–Crippen MR) is 101 cm³/mol. The van der Waals surface area contributed by atoms with Gasteiger partial charge in [0.05, 0.1) is 5.38 Å². The van der Waals surface area contributed by atoms with Crippen LogP contribution >= 0.6 is 23.4 Å². The highest BCUT2D eigenvalue weighted by Gasteiger charge is 2.27. The number of pyridine rings is 1. The van der Waals surface area contributed by atoms with Gasteiger partial charge in [0.25, 0.3) is 5.91 Å². The van der Waals surface area contributed by atoms with Crippen molar-refractivity contribution in [1.82, 2.24) is 10.3 Å². The van der Waals surface area contributed by atoms with Gasteiger partial charge in [0.15, 0.2) is 10.9 Å². The van der Waals surface area contributed by atoms with Crippen molar-refractivity contribution in [3.05, 3.63) is 71.9 Å². The molecule has 25 heavy (non-hydrogen) atoms. The first kappa shape index (κ1) is 17.8. The number of halogens is 1. The first-order valence-electron chi connectivity index (χ1n) is 7.92. The third kappa shape index (κ3) is 4.55. The number of allylic oxidation sites excluding steroid dienone is 3. The van der Waals surface area contributed by atoms with Crippen molar-refractivity contribution in [3.8, 4) is 0 Å². The number of hydrogen-bond donors (Lipinski definition) is 1. The Hall–Kier alpha value is -1.98. The molecule has 2 aromatic heterocycles. The number of carbonyl (C=O) groups excluding carboxylic acids is 1. The standard InChI is InChI=1S/C19H19ClN2O2S/c1-19(2)8-5-14(11-16(19)20)22-18(23)15-3-4-17(24-15)25-12-13-6-9-21-10-7-13/h3-11,16H,12H2,1-2H3,(H,22,23). The van der Waals surface area contributed by atoms with E-state index >= 15 is 0 Å². The number of furan rings is 1. The Morgan fingerprint density at radius 1 is 1.32 bits per heavy atom. The van der Waals surface area contributed by atoms with E-state index in [1.54, 1.807) is 24.5 Å². The van der Waals surface area contributed by atoms with E-state index in [1.807, 2.05) is 30.4 Å². The number of hydrogen-bond acceptors (Lipinski definition) is 4. The fourth-order valence-electron chi connectivity index (χ4n) is 2.25. The number of nitrogens with zero attached hydrogens (tertiary/aromatic N) is 1. The highest BCUT2D eigenvalue weighted by Crippen LogP contribution is 2.32. The van der Waals surface area contributed by atoms with Crippen molar-refractivity contribution in [3.63, 3.8) is 0 Å². The number of nitrogens with one attached hydrogen (secondary N) is 1. The largest absolute Gasteiger partial charge is 0.445 e. The van der Waals surface area contributed by atoms with Crippen LogP contribution in [0.5, 0.6) is 0 Å². The zero-order valence-electron chi connectivity index (χ0n) is 14.0. The lowest BCUT2D eigenvalue weighted by atomic mass is 9.85. The van der Waals surface area contributed by atoms with E-state index in [1.165, 1.54) is 11.8 Å². The first-order chi connectivity index (χ1) is 11.9. The lowest BCUT2D eigenvalue weighted by molar-refractivity contribution is 0.0934. The van der Waals surface area contributed by atoms with Gasteiger partial charge in [-0.15, -0.1) is 11.6 Å². The monoisotopic (exact) mass is 374 g/mol. The molecular formula is C19H19ClN2O2S. The van der Waals surface area contributed by atoms with Crippen molar-refractivity contribution in [2.75, 3.05) is 0 Å². The third-order valence-electron chi connectivity index (χ3n) is 3.92. The van der Waals surface area contributed by atoms with Crippen LogP contribution in [0.25, 0.3) is 0 Å². The summed E-state index contributed by atoms with van der Waals surface area (Å²) in [6, 6.07) is 7.39. The second-order valence-corrected chi connectivity index (χ2v) is 7.85. The Balaban J connectivity index is 1.59. The van der Waals surface area contributed by atoms with Crippen molar-refractivity contribution in [1.29, 1.82) is 0 Å². The number of carbonyl (C=O) groups is 1. The van der Waals surface area contributed by atoms with Gasteiger partial charge in [0.1, 0.15) is 0 Å². The summed E-state index contributed by atoms with van der Waals surface area (Å²) in [5.74, 6) is 0.756. The van der Waals surface area contributed by atoms with E-state index in [4.69, 9.17) is 16.0 Å². The summed E-state index contributed by atoms with van der Waals surface area (Å²) in [6.45, 7) is 4.10. The van der Waals surface area contributed by atoms with Crippen LogP contribution < -0.4 is 5.32 Å². The van der Waals surface area contributed by atoms with Crippen LogP contribution in [-0.2, 0) is 5.75 Å². The maximum absolute atomic E-state index is 12.3. The Labute approximate surface area is 156 Å². The molecule has 2 heterocycles. The minimum atomic E-state index is -0.282. The highest BCUT2D eigenvalue weighted by molar-refractivity contribution is 7.98. The molecule has 1 aliphatic carbocycles. The Kier molecular flexibility index (Phi) is 5.35. The second kappa shape index (κ2) is 7.50. The summed E-state index contributed by atoms with van der Waals surface area (Å²) in [5, 5.41) is 3.36. The summed E-state index contributed by atoms with van der Waals surface area (Å²) < 4.78 is 5.63. The molecule has 2 aromatic rings. The molecule has 0 bridgehead atoms. The minimum Gasteiger partial charge on any atom is -0.445 e. The maximum Gasteiger partial charge on any atom is 0.291 e. The molecule has 0 fully saturated rings. The SMILES string of the molecule is CC1(C)C=CC(NC(=O)c2ccc(SCc3ccncc3)o2)=CC1Cl. The van der Waals surface area contributed by atoms with E-state index in [0.717, 1.165) is 11.3 Å². The van der Waals surface area contributed by atoms with Crippen LogP contribution in [0.1, 0.15) is 30.0 Å². The number of rotatable bonds is 5. The minimum absolute atomic E-state index is 0.128. The Morgan fingerprint density at radius 2 is 2.08 bits per heavy atom. The summed E-state index contributed by atoms with van der Waals surface area (Å²) in [4.78, 5) is 16.3. The fraction of sp³-hybridized carbons (Fsp3) is 0.263. The normalized spacial score (nSPS) is 18.7. The van der Waals surface area contributed by atoms with Gasteiger partial charge in [-0.2, -0.15) is 0 Å². The van der Waals surface area contributed by atoms with Crippen molar-refractivity contribution >= 4 is 29.3 Å². The molecule has 0 saturated carbocycles.